The molecule has 1 rings (SSSR count). The molecule has 4 nitrogen and oxygen atoms in total. The zero-order chi connectivity index (χ0) is 14.6. The monoisotopic (exact) mass is 268 g/mol. The van der Waals surface area contributed by atoms with Crippen molar-refractivity contribution in [3.63, 3.8) is 0 Å². The zero-order valence-corrected chi connectivity index (χ0v) is 11.8. The van der Waals surface area contributed by atoms with Crippen LogP contribution in [0.1, 0.15) is 25.0 Å². The number of likely N-dealkylation sites (N-methyl/N-ethyl adjacent to an activating group) is 1. The number of aryl methyl sites for hydroxylation is 1. The third kappa shape index (κ3) is 5.26. The largest absolute Gasteiger partial charge is 0.389 e. The highest BCUT2D eigenvalue weighted by molar-refractivity contribution is 5.73. The van der Waals surface area contributed by atoms with Gasteiger partial charge in [0.25, 0.3) is 0 Å². The minimum Gasteiger partial charge on any atom is -0.389 e. The van der Waals surface area contributed by atoms with Crippen LogP contribution in [-0.4, -0.2) is 35.2 Å². The third-order valence-corrected chi connectivity index (χ3v) is 2.64. The minimum absolute atomic E-state index is 0.237. The van der Waals surface area contributed by atoms with E-state index in [0.29, 0.717) is 12.1 Å². The lowest BCUT2D eigenvalue weighted by molar-refractivity contribution is 0.0531. The Kier molecular flexibility index (Phi) is 4.89. The first-order valence-corrected chi connectivity index (χ1v) is 6.15. The van der Waals surface area contributed by atoms with E-state index in [1.807, 2.05) is 0 Å². The lowest BCUT2D eigenvalue weighted by atomic mass is 10.1. The van der Waals surface area contributed by atoms with E-state index in [9.17, 15) is 14.3 Å². The van der Waals surface area contributed by atoms with Gasteiger partial charge in [-0.1, -0.05) is 12.1 Å². The summed E-state index contributed by atoms with van der Waals surface area (Å²) in [5.74, 6) is -0.255. The van der Waals surface area contributed by atoms with Crippen molar-refractivity contribution in [1.82, 2.24) is 10.2 Å². The quantitative estimate of drug-likeness (QED) is 0.878. The summed E-state index contributed by atoms with van der Waals surface area (Å²) >= 11 is 0. The molecule has 0 aliphatic carbocycles. The van der Waals surface area contributed by atoms with Crippen LogP contribution in [0.15, 0.2) is 18.2 Å². The summed E-state index contributed by atoms with van der Waals surface area (Å²) in [4.78, 5) is 13.2. The Morgan fingerprint density at radius 2 is 2.11 bits per heavy atom. The fourth-order valence-electron chi connectivity index (χ4n) is 1.78. The van der Waals surface area contributed by atoms with Crippen LogP contribution in [-0.2, 0) is 6.54 Å². The van der Waals surface area contributed by atoms with Crippen molar-refractivity contribution in [2.24, 2.45) is 0 Å². The van der Waals surface area contributed by atoms with E-state index in [0.717, 1.165) is 5.56 Å². The SMILES string of the molecule is Cc1cc(CNC(=O)N(C)CC(C)(C)O)ccc1F. The molecule has 0 unspecified atom stereocenters. The average Bonchev–Trinajstić information content (AvgIpc) is 2.28. The van der Waals surface area contributed by atoms with Gasteiger partial charge in [-0.2, -0.15) is 0 Å². The first-order valence-electron chi connectivity index (χ1n) is 6.15. The predicted octanol–water partition coefficient (Wildman–Crippen LogP) is 2.05. The molecule has 5 heteroatoms. The topological polar surface area (TPSA) is 52.6 Å². The highest BCUT2D eigenvalue weighted by Crippen LogP contribution is 2.09. The van der Waals surface area contributed by atoms with E-state index in [-0.39, 0.29) is 18.4 Å². The molecule has 2 N–H and O–H groups in total. The Balaban J connectivity index is 2.52. The standard InChI is InChI=1S/C14H21FN2O2/c1-10-7-11(5-6-12(10)15)8-16-13(18)17(4)9-14(2,3)19/h5-7,19H,8-9H2,1-4H3,(H,16,18). The minimum atomic E-state index is -0.932. The smallest absolute Gasteiger partial charge is 0.317 e. The van der Waals surface area contributed by atoms with Crippen LogP contribution in [0.2, 0.25) is 0 Å². The molecular formula is C14H21FN2O2. The van der Waals surface area contributed by atoms with Crippen LogP contribution in [0.4, 0.5) is 9.18 Å². The van der Waals surface area contributed by atoms with Crippen LogP contribution in [0, 0.1) is 12.7 Å². The van der Waals surface area contributed by atoms with E-state index >= 15 is 0 Å². The van der Waals surface area contributed by atoms with Crippen molar-refractivity contribution >= 4 is 6.03 Å². The second-order valence-corrected chi connectivity index (χ2v) is 5.41. The van der Waals surface area contributed by atoms with Crippen molar-refractivity contribution in [3.05, 3.63) is 35.1 Å². The molecule has 19 heavy (non-hydrogen) atoms. The van der Waals surface area contributed by atoms with Crippen molar-refractivity contribution < 1.29 is 14.3 Å². The van der Waals surface area contributed by atoms with Gasteiger partial charge >= 0.3 is 6.03 Å². The normalized spacial score (nSPS) is 11.3. The number of halogens is 1. The number of urea groups is 1. The Labute approximate surface area is 113 Å². The third-order valence-electron chi connectivity index (χ3n) is 2.64. The Morgan fingerprint density at radius 3 is 2.63 bits per heavy atom. The highest BCUT2D eigenvalue weighted by atomic mass is 19.1. The fourth-order valence-corrected chi connectivity index (χ4v) is 1.78. The summed E-state index contributed by atoms with van der Waals surface area (Å²) in [6, 6.07) is 4.45. The molecule has 1 aromatic carbocycles. The predicted molar refractivity (Wildman–Crippen MR) is 72.3 cm³/mol. The van der Waals surface area contributed by atoms with Gasteiger partial charge in [0.05, 0.1) is 12.1 Å². The van der Waals surface area contributed by atoms with Gasteiger partial charge in [-0.15, -0.1) is 0 Å². The van der Waals surface area contributed by atoms with E-state index in [1.165, 1.54) is 11.0 Å². The van der Waals surface area contributed by atoms with Gasteiger partial charge in [-0.05, 0) is 38.0 Å². The number of nitrogens with zero attached hydrogens (tertiary/aromatic N) is 1. The summed E-state index contributed by atoms with van der Waals surface area (Å²) in [7, 11) is 1.61. The molecule has 0 heterocycles. The molecule has 0 bridgehead atoms. The number of benzene rings is 1. The van der Waals surface area contributed by atoms with Gasteiger partial charge in [0.1, 0.15) is 5.82 Å². The molecule has 0 aliphatic heterocycles. The maximum Gasteiger partial charge on any atom is 0.317 e. The second-order valence-electron chi connectivity index (χ2n) is 5.41. The number of rotatable bonds is 4. The Morgan fingerprint density at radius 1 is 1.47 bits per heavy atom. The van der Waals surface area contributed by atoms with Crippen molar-refractivity contribution in [2.75, 3.05) is 13.6 Å². The molecule has 0 saturated carbocycles. The summed E-state index contributed by atoms with van der Waals surface area (Å²) in [6.45, 7) is 5.53. The summed E-state index contributed by atoms with van der Waals surface area (Å²) in [6.07, 6.45) is 0. The lowest BCUT2D eigenvalue weighted by Crippen LogP contribution is -2.44. The molecule has 2 amide bonds. The van der Waals surface area contributed by atoms with Crippen molar-refractivity contribution in [1.29, 1.82) is 0 Å². The molecule has 0 spiro atoms. The molecule has 1 aromatic rings. The van der Waals surface area contributed by atoms with Gasteiger partial charge in [-0.3, -0.25) is 0 Å². The molecule has 0 aromatic heterocycles. The zero-order valence-electron chi connectivity index (χ0n) is 11.8. The lowest BCUT2D eigenvalue weighted by Gasteiger charge is -2.25. The van der Waals surface area contributed by atoms with Crippen molar-refractivity contribution in [3.8, 4) is 0 Å². The van der Waals surface area contributed by atoms with Crippen LogP contribution >= 0.6 is 0 Å². The molecule has 0 atom stereocenters. The number of nitrogens with one attached hydrogen (secondary N) is 1. The van der Waals surface area contributed by atoms with Gasteiger partial charge in [0, 0.05) is 13.6 Å². The van der Waals surface area contributed by atoms with Crippen LogP contribution in [0.5, 0.6) is 0 Å². The second kappa shape index (κ2) is 6.02. The number of amides is 2. The first kappa shape index (κ1) is 15.4. The first-order chi connectivity index (χ1) is 8.69. The molecular weight excluding hydrogens is 247 g/mol. The van der Waals surface area contributed by atoms with Crippen LogP contribution in [0.3, 0.4) is 0 Å². The fraction of sp³-hybridized carbons (Fsp3) is 0.500. The molecule has 0 fully saturated rings. The maximum atomic E-state index is 13.1. The van der Waals surface area contributed by atoms with E-state index in [4.69, 9.17) is 0 Å². The maximum absolute atomic E-state index is 13.1. The highest BCUT2D eigenvalue weighted by Gasteiger charge is 2.18. The van der Waals surface area contributed by atoms with Crippen LogP contribution in [0.25, 0.3) is 0 Å². The van der Waals surface area contributed by atoms with E-state index in [2.05, 4.69) is 5.32 Å². The van der Waals surface area contributed by atoms with E-state index in [1.54, 1.807) is 40.0 Å². The molecule has 0 aliphatic rings. The number of carbonyl (C=O) groups is 1. The van der Waals surface area contributed by atoms with Gasteiger partial charge in [-0.25, -0.2) is 9.18 Å². The number of hydrogen-bond donors (Lipinski definition) is 2. The number of carbonyl (C=O) groups excluding carboxylic acids is 1. The summed E-state index contributed by atoms with van der Waals surface area (Å²) in [5.41, 5.74) is 0.457. The Hall–Kier alpha value is -1.62. The van der Waals surface area contributed by atoms with Gasteiger partial charge < -0.3 is 15.3 Å². The van der Waals surface area contributed by atoms with Gasteiger partial charge in [0.15, 0.2) is 0 Å². The van der Waals surface area contributed by atoms with Gasteiger partial charge in [0.2, 0.25) is 0 Å². The molecule has 106 valence electrons. The molecule has 0 saturated heterocycles. The summed E-state index contributed by atoms with van der Waals surface area (Å²) < 4.78 is 13.1. The van der Waals surface area contributed by atoms with E-state index < -0.39 is 5.60 Å². The molecule has 0 radical (unpaired) electrons. The average molecular weight is 268 g/mol. The van der Waals surface area contributed by atoms with Crippen LogP contribution < -0.4 is 5.32 Å². The Bertz CT molecular complexity index is 455. The summed E-state index contributed by atoms with van der Waals surface area (Å²) in [5, 5.41) is 12.3. The number of hydrogen-bond acceptors (Lipinski definition) is 2. The van der Waals surface area contributed by atoms with Crippen molar-refractivity contribution in [2.45, 2.75) is 32.9 Å². The number of aliphatic hydroxyl groups is 1.